The normalized spacial score (nSPS) is 27.6. The number of carbonyl (C=O) groups is 1. The molecule has 26 heavy (non-hydrogen) atoms. The third-order valence-corrected chi connectivity index (χ3v) is 5.34. The summed E-state index contributed by atoms with van der Waals surface area (Å²) in [5, 5.41) is 6.50. The summed E-state index contributed by atoms with van der Waals surface area (Å²) in [6, 6.07) is 16.4. The fourth-order valence-corrected chi connectivity index (χ4v) is 3.80. The van der Waals surface area contributed by atoms with Gasteiger partial charge in [0, 0.05) is 37.9 Å². The van der Waals surface area contributed by atoms with Crippen LogP contribution < -0.4 is 15.4 Å². The summed E-state index contributed by atoms with van der Waals surface area (Å²) in [7, 11) is 0. The molecule has 1 aliphatic carbocycles. The van der Waals surface area contributed by atoms with Crippen molar-refractivity contribution in [2.24, 2.45) is 5.92 Å². The molecule has 1 aliphatic heterocycles. The molecule has 1 heterocycles. The maximum absolute atomic E-state index is 12.9. The number of benzene rings is 2. The van der Waals surface area contributed by atoms with Crippen molar-refractivity contribution in [1.29, 1.82) is 0 Å². The van der Waals surface area contributed by atoms with Gasteiger partial charge in [-0.25, -0.2) is 4.39 Å². The van der Waals surface area contributed by atoms with Crippen LogP contribution in [0.15, 0.2) is 54.6 Å². The Labute approximate surface area is 152 Å². The largest absolute Gasteiger partial charge is 0.490 e. The van der Waals surface area contributed by atoms with Crippen LogP contribution in [0.2, 0.25) is 0 Å². The number of halogens is 1. The Morgan fingerprint density at radius 1 is 1.04 bits per heavy atom. The van der Waals surface area contributed by atoms with Crippen molar-refractivity contribution in [3.05, 3.63) is 66.0 Å². The van der Waals surface area contributed by atoms with Gasteiger partial charge < -0.3 is 15.4 Å². The second-order valence-corrected chi connectivity index (χ2v) is 7.15. The molecule has 0 radical (unpaired) electrons. The fourth-order valence-electron chi connectivity index (χ4n) is 3.80. The van der Waals surface area contributed by atoms with Gasteiger partial charge in [0.05, 0.1) is 5.92 Å². The monoisotopic (exact) mass is 354 g/mol. The average molecular weight is 354 g/mol. The van der Waals surface area contributed by atoms with Crippen LogP contribution in [-0.2, 0) is 4.79 Å². The first kappa shape index (κ1) is 17.0. The molecule has 1 amide bonds. The van der Waals surface area contributed by atoms with Crippen LogP contribution >= 0.6 is 0 Å². The van der Waals surface area contributed by atoms with E-state index in [0.717, 1.165) is 19.4 Å². The maximum Gasteiger partial charge on any atom is 0.225 e. The summed E-state index contributed by atoms with van der Waals surface area (Å²) in [6.45, 7) is 1.55. The van der Waals surface area contributed by atoms with Crippen molar-refractivity contribution >= 4 is 5.91 Å². The zero-order valence-corrected chi connectivity index (χ0v) is 14.5. The summed E-state index contributed by atoms with van der Waals surface area (Å²) < 4.78 is 18.7. The molecular weight excluding hydrogens is 331 g/mol. The lowest BCUT2D eigenvalue weighted by Crippen LogP contribution is -2.51. The molecule has 2 N–H and O–H groups in total. The van der Waals surface area contributed by atoms with Crippen molar-refractivity contribution in [1.82, 2.24) is 10.6 Å². The van der Waals surface area contributed by atoms with Crippen molar-refractivity contribution in [3.63, 3.8) is 0 Å². The van der Waals surface area contributed by atoms with Crippen LogP contribution in [0.3, 0.4) is 0 Å². The van der Waals surface area contributed by atoms with Gasteiger partial charge in [0.1, 0.15) is 17.7 Å². The van der Waals surface area contributed by atoms with Gasteiger partial charge >= 0.3 is 0 Å². The van der Waals surface area contributed by atoms with E-state index >= 15 is 0 Å². The van der Waals surface area contributed by atoms with E-state index in [4.69, 9.17) is 4.74 Å². The van der Waals surface area contributed by atoms with Gasteiger partial charge in [-0.15, -0.1) is 0 Å². The second kappa shape index (κ2) is 7.46. The van der Waals surface area contributed by atoms with E-state index in [1.165, 1.54) is 17.7 Å². The Morgan fingerprint density at radius 2 is 1.77 bits per heavy atom. The Hall–Kier alpha value is -2.40. The molecule has 4 nitrogen and oxygen atoms in total. The lowest BCUT2D eigenvalue weighted by Gasteiger charge is -2.36. The van der Waals surface area contributed by atoms with E-state index in [2.05, 4.69) is 22.8 Å². The molecule has 0 bridgehead atoms. The number of rotatable bonds is 5. The topological polar surface area (TPSA) is 50.4 Å². The molecule has 0 aromatic heterocycles. The quantitative estimate of drug-likeness (QED) is 0.868. The molecule has 1 saturated carbocycles. The molecular formula is C21H23FN2O2. The van der Waals surface area contributed by atoms with Gasteiger partial charge in [0.2, 0.25) is 5.91 Å². The number of ether oxygens (including phenoxy) is 1. The number of amides is 1. The average Bonchev–Trinajstić information content (AvgIpc) is 3.12. The minimum absolute atomic E-state index is 0.0329. The van der Waals surface area contributed by atoms with Gasteiger partial charge in [-0.3, -0.25) is 4.79 Å². The molecule has 1 saturated heterocycles. The van der Waals surface area contributed by atoms with E-state index in [1.807, 2.05) is 18.2 Å². The standard InChI is InChI=1S/C21H23FN2O2/c22-15-6-8-17(9-7-15)26-18-10-16(11-18)24-21(25)20-13-23-12-19(20)14-4-2-1-3-5-14/h1-9,16,18-20,23H,10-13H2,(H,24,25)/t16-,18-,19?,20?. The first-order chi connectivity index (χ1) is 12.7. The first-order valence-corrected chi connectivity index (χ1v) is 9.17. The highest BCUT2D eigenvalue weighted by atomic mass is 19.1. The minimum atomic E-state index is -0.269. The van der Waals surface area contributed by atoms with Crippen molar-refractivity contribution in [3.8, 4) is 5.75 Å². The number of hydrogen-bond donors (Lipinski definition) is 2. The first-order valence-electron chi connectivity index (χ1n) is 9.17. The Balaban J connectivity index is 1.27. The fraction of sp³-hybridized carbons (Fsp3) is 0.381. The predicted molar refractivity (Wildman–Crippen MR) is 97.5 cm³/mol. The highest BCUT2D eigenvalue weighted by molar-refractivity contribution is 5.81. The summed E-state index contributed by atoms with van der Waals surface area (Å²) >= 11 is 0. The van der Waals surface area contributed by atoms with Crippen molar-refractivity contribution in [2.45, 2.75) is 30.9 Å². The van der Waals surface area contributed by atoms with Gasteiger partial charge in [-0.1, -0.05) is 30.3 Å². The molecule has 2 aromatic carbocycles. The van der Waals surface area contributed by atoms with Crippen LogP contribution in [0.4, 0.5) is 4.39 Å². The third kappa shape index (κ3) is 3.73. The highest BCUT2D eigenvalue weighted by Crippen LogP contribution is 2.30. The zero-order valence-electron chi connectivity index (χ0n) is 14.5. The molecule has 5 heteroatoms. The second-order valence-electron chi connectivity index (χ2n) is 7.15. The zero-order chi connectivity index (χ0) is 17.9. The van der Waals surface area contributed by atoms with E-state index in [1.54, 1.807) is 12.1 Å². The molecule has 4 rings (SSSR count). The van der Waals surface area contributed by atoms with Crippen LogP contribution in [-0.4, -0.2) is 31.1 Å². The molecule has 2 aromatic rings. The molecule has 2 aliphatic rings. The maximum atomic E-state index is 12.9. The predicted octanol–water partition coefficient (Wildman–Crippen LogP) is 2.85. The molecule has 136 valence electrons. The Morgan fingerprint density at radius 3 is 2.50 bits per heavy atom. The van der Waals surface area contributed by atoms with E-state index < -0.39 is 0 Å². The smallest absolute Gasteiger partial charge is 0.225 e. The van der Waals surface area contributed by atoms with Crippen LogP contribution in [0.5, 0.6) is 5.75 Å². The summed E-state index contributed by atoms with van der Waals surface area (Å²) in [5.41, 5.74) is 1.21. The molecule has 0 spiro atoms. The summed E-state index contributed by atoms with van der Waals surface area (Å²) in [5.74, 6) is 0.714. The highest BCUT2D eigenvalue weighted by Gasteiger charge is 2.38. The molecule has 2 atom stereocenters. The van der Waals surface area contributed by atoms with Gasteiger partial charge in [-0.2, -0.15) is 0 Å². The van der Waals surface area contributed by atoms with E-state index in [-0.39, 0.29) is 35.7 Å². The van der Waals surface area contributed by atoms with Crippen LogP contribution in [0, 0.1) is 11.7 Å². The van der Waals surface area contributed by atoms with E-state index in [0.29, 0.717) is 12.3 Å². The lowest BCUT2D eigenvalue weighted by atomic mass is 9.85. The Bertz CT molecular complexity index is 744. The van der Waals surface area contributed by atoms with Gasteiger partial charge in [0.25, 0.3) is 0 Å². The lowest BCUT2D eigenvalue weighted by molar-refractivity contribution is -0.126. The van der Waals surface area contributed by atoms with Crippen molar-refractivity contribution < 1.29 is 13.9 Å². The van der Waals surface area contributed by atoms with Crippen molar-refractivity contribution in [2.75, 3.05) is 13.1 Å². The van der Waals surface area contributed by atoms with E-state index in [9.17, 15) is 9.18 Å². The number of nitrogens with one attached hydrogen (secondary N) is 2. The van der Waals surface area contributed by atoms with Crippen LogP contribution in [0.1, 0.15) is 24.3 Å². The van der Waals surface area contributed by atoms with Crippen LogP contribution in [0.25, 0.3) is 0 Å². The number of carbonyl (C=O) groups excluding carboxylic acids is 1. The number of hydrogen-bond acceptors (Lipinski definition) is 3. The minimum Gasteiger partial charge on any atom is -0.490 e. The van der Waals surface area contributed by atoms with Gasteiger partial charge in [-0.05, 0) is 29.8 Å². The summed E-state index contributed by atoms with van der Waals surface area (Å²) in [4.78, 5) is 12.7. The molecule has 2 fully saturated rings. The third-order valence-electron chi connectivity index (χ3n) is 5.34. The van der Waals surface area contributed by atoms with Gasteiger partial charge in [0.15, 0.2) is 0 Å². The Kier molecular flexibility index (Phi) is 4.89. The summed E-state index contributed by atoms with van der Waals surface area (Å²) in [6.07, 6.45) is 1.66. The SMILES string of the molecule is O=C(N[C@H]1C[C@H](Oc2ccc(F)cc2)C1)C1CNCC1c1ccccc1. The molecule has 2 unspecified atom stereocenters.